The Morgan fingerprint density at radius 3 is 2.67 bits per heavy atom. The van der Waals surface area contributed by atoms with Gasteiger partial charge in [0, 0.05) is 17.3 Å². The van der Waals surface area contributed by atoms with E-state index in [1.54, 1.807) is 0 Å². The molecule has 0 spiro atoms. The SMILES string of the molecule is c1ccc2[nH]c(SC3C[C@H]4CC[C@H](C3)N4)nc2c1. The molecule has 1 aromatic carbocycles. The summed E-state index contributed by atoms with van der Waals surface area (Å²) in [7, 11) is 0. The molecule has 4 heteroatoms. The van der Waals surface area contributed by atoms with Gasteiger partial charge in [-0.15, -0.1) is 0 Å². The monoisotopic (exact) mass is 259 g/mol. The Morgan fingerprint density at radius 2 is 1.89 bits per heavy atom. The minimum Gasteiger partial charge on any atom is -0.333 e. The molecule has 2 aromatic rings. The molecule has 2 fully saturated rings. The molecular formula is C14H17N3S. The average molecular weight is 259 g/mol. The lowest BCUT2D eigenvalue weighted by Crippen LogP contribution is -2.39. The summed E-state index contributed by atoms with van der Waals surface area (Å²) in [5, 5.41) is 5.50. The molecule has 2 bridgehead atoms. The van der Waals surface area contributed by atoms with Crippen molar-refractivity contribution in [1.82, 2.24) is 15.3 Å². The van der Waals surface area contributed by atoms with Crippen molar-refractivity contribution < 1.29 is 0 Å². The van der Waals surface area contributed by atoms with Crippen LogP contribution >= 0.6 is 11.8 Å². The van der Waals surface area contributed by atoms with Gasteiger partial charge in [0.2, 0.25) is 0 Å². The van der Waals surface area contributed by atoms with Gasteiger partial charge < -0.3 is 10.3 Å². The number of imidazole rings is 1. The van der Waals surface area contributed by atoms with Crippen LogP contribution in [0, 0.1) is 0 Å². The Labute approximate surface area is 111 Å². The second kappa shape index (κ2) is 4.28. The Hall–Kier alpha value is -1.00. The number of aromatic nitrogens is 2. The zero-order valence-corrected chi connectivity index (χ0v) is 11.0. The van der Waals surface area contributed by atoms with Crippen LogP contribution in [-0.4, -0.2) is 27.3 Å². The van der Waals surface area contributed by atoms with E-state index in [4.69, 9.17) is 0 Å². The number of nitrogens with zero attached hydrogens (tertiary/aromatic N) is 1. The Bertz CT molecular complexity index is 520. The summed E-state index contributed by atoms with van der Waals surface area (Å²) in [6.07, 6.45) is 5.31. The van der Waals surface area contributed by atoms with Gasteiger partial charge in [-0.1, -0.05) is 23.9 Å². The highest BCUT2D eigenvalue weighted by atomic mass is 32.2. The number of H-pyrrole nitrogens is 1. The van der Waals surface area contributed by atoms with E-state index in [-0.39, 0.29) is 0 Å². The number of fused-ring (bicyclic) bond motifs is 3. The summed E-state index contributed by atoms with van der Waals surface area (Å²) >= 11 is 1.93. The molecule has 18 heavy (non-hydrogen) atoms. The summed E-state index contributed by atoms with van der Waals surface area (Å²) in [5.41, 5.74) is 2.23. The van der Waals surface area contributed by atoms with Crippen molar-refractivity contribution in [1.29, 1.82) is 0 Å². The maximum absolute atomic E-state index is 4.66. The maximum atomic E-state index is 4.66. The number of para-hydroxylation sites is 2. The number of hydrogen-bond donors (Lipinski definition) is 2. The Morgan fingerprint density at radius 1 is 1.11 bits per heavy atom. The molecular weight excluding hydrogens is 242 g/mol. The first-order chi connectivity index (χ1) is 8.87. The topological polar surface area (TPSA) is 40.7 Å². The van der Waals surface area contributed by atoms with Gasteiger partial charge in [0.15, 0.2) is 5.16 Å². The molecule has 94 valence electrons. The van der Waals surface area contributed by atoms with Crippen LogP contribution in [0.15, 0.2) is 29.4 Å². The maximum Gasteiger partial charge on any atom is 0.166 e. The standard InChI is InChI=1S/C14H17N3S/c1-2-4-13-12(3-1)16-14(17-13)18-11-7-9-5-6-10(8-11)15-9/h1-4,9-11,15H,5-8H2,(H,16,17)/t9-,10-/m1/s1. The van der Waals surface area contributed by atoms with E-state index in [9.17, 15) is 0 Å². The third kappa shape index (κ3) is 1.93. The molecule has 0 saturated carbocycles. The molecule has 4 rings (SSSR count). The normalized spacial score (nSPS) is 31.0. The summed E-state index contributed by atoms with van der Waals surface area (Å²) in [6, 6.07) is 9.78. The van der Waals surface area contributed by atoms with Crippen molar-refractivity contribution in [3.05, 3.63) is 24.3 Å². The first-order valence-electron chi connectivity index (χ1n) is 6.74. The van der Waals surface area contributed by atoms with Gasteiger partial charge in [0.1, 0.15) is 0 Å². The number of rotatable bonds is 2. The van der Waals surface area contributed by atoms with E-state index in [1.165, 1.54) is 25.7 Å². The fourth-order valence-electron chi connectivity index (χ4n) is 3.24. The van der Waals surface area contributed by atoms with E-state index in [1.807, 2.05) is 17.8 Å². The van der Waals surface area contributed by atoms with Crippen molar-refractivity contribution >= 4 is 22.8 Å². The van der Waals surface area contributed by atoms with Crippen LogP contribution in [0.4, 0.5) is 0 Å². The number of aromatic amines is 1. The highest BCUT2D eigenvalue weighted by Gasteiger charge is 2.34. The molecule has 2 N–H and O–H groups in total. The average Bonchev–Trinajstić information content (AvgIpc) is 2.92. The molecule has 3 heterocycles. The van der Waals surface area contributed by atoms with Gasteiger partial charge >= 0.3 is 0 Å². The highest BCUT2D eigenvalue weighted by molar-refractivity contribution is 7.99. The molecule has 2 aliphatic heterocycles. The molecule has 0 aliphatic carbocycles. The third-order valence-corrected chi connectivity index (χ3v) is 5.21. The van der Waals surface area contributed by atoms with Crippen molar-refractivity contribution in [2.24, 2.45) is 0 Å². The van der Waals surface area contributed by atoms with Crippen molar-refractivity contribution in [2.45, 2.75) is 48.2 Å². The fraction of sp³-hybridized carbons (Fsp3) is 0.500. The first-order valence-corrected chi connectivity index (χ1v) is 7.62. The van der Waals surface area contributed by atoms with E-state index in [2.05, 4.69) is 33.5 Å². The van der Waals surface area contributed by atoms with E-state index < -0.39 is 0 Å². The molecule has 3 nitrogen and oxygen atoms in total. The largest absolute Gasteiger partial charge is 0.333 e. The molecule has 2 aliphatic rings. The second-order valence-electron chi connectivity index (χ2n) is 5.41. The van der Waals surface area contributed by atoms with Crippen LogP contribution in [-0.2, 0) is 0 Å². The molecule has 2 saturated heterocycles. The molecule has 0 radical (unpaired) electrons. The van der Waals surface area contributed by atoms with Gasteiger partial charge in [-0.2, -0.15) is 0 Å². The highest BCUT2D eigenvalue weighted by Crippen LogP contribution is 2.36. The quantitative estimate of drug-likeness (QED) is 0.871. The van der Waals surface area contributed by atoms with Crippen LogP contribution in [0.2, 0.25) is 0 Å². The summed E-state index contributed by atoms with van der Waals surface area (Å²) < 4.78 is 0. The van der Waals surface area contributed by atoms with Crippen LogP contribution in [0.1, 0.15) is 25.7 Å². The van der Waals surface area contributed by atoms with Crippen molar-refractivity contribution in [2.75, 3.05) is 0 Å². The lowest BCUT2D eigenvalue weighted by molar-refractivity contribution is 0.414. The number of benzene rings is 1. The minimum atomic E-state index is 0.726. The number of hydrogen-bond acceptors (Lipinski definition) is 3. The minimum absolute atomic E-state index is 0.726. The molecule has 1 aromatic heterocycles. The molecule has 0 amide bonds. The van der Waals surface area contributed by atoms with Gasteiger partial charge in [-0.25, -0.2) is 4.98 Å². The Balaban J connectivity index is 1.54. The third-order valence-electron chi connectivity index (χ3n) is 4.08. The lowest BCUT2D eigenvalue weighted by Gasteiger charge is -2.27. The number of thioether (sulfide) groups is 1. The molecule has 2 atom stereocenters. The number of nitrogens with one attached hydrogen (secondary N) is 2. The lowest BCUT2D eigenvalue weighted by atomic mass is 10.1. The van der Waals surface area contributed by atoms with E-state index >= 15 is 0 Å². The van der Waals surface area contributed by atoms with Gasteiger partial charge in [0.05, 0.1) is 11.0 Å². The van der Waals surface area contributed by atoms with Crippen LogP contribution < -0.4 is 5.32 Å². The predicted molar refractivity (Wildman–Crippen MR) is 74.9 cm³/mol. The smallest absolute Gasteiger partial charge is 0.166 e. The van der Waals surface area contributed by atoms with Crippen LogP contribution in [0.5, 0.6) is 0 Å². The van der Waals surface area contributed by atoms with Crippen LogP contribution in [0.3, 0.4) is 0 Å². The molecule has 0 unspecified atom stereocenters. The zero-order chi connectivity index (χ0) is 11.9. The zero-order valence-electron chi connectivity index (χ0n) is 10.2. The van der Waals surface area contributed by atoms with Crippen molar-refractivity contribution in [3.8, 4) is 0 Å². The fourth-order valence-corrected chi connectivity index (χ4v) is 4.54. The van der Waals surface area contributed by atoms with Gasteiger partial charge in [-0.05, 0) is 37.8 Å². The predicted octanol–water partition coefficient (Wildman–Crippen LogP) is 2.94. The summed E-state index contributed by atoms with van der Waals surface area (Å²) in [5.74, 6) is 0. The second-order valence-corrected chi connectivity index (χ2v) is 6.70. The van der Waals surface area contributed by atoms with E-state index in [0.29, 0.717) is 0 Å². The van der Waals surface area contributed by atoms with Crippen molar-refractivity contribution in [3.63, 3.8) is 0 Å². The Kier molecular flexibility index (Phi) is 2.59. The van der Waals surface area contributed by atoms with E-state index in [0.717, 1.165) is 33.5 Å². The van der Waals surface area contributed by atoms with Crippen LogP contribution in [0.25, 0.3) is 11.0 Å². The first kappa shape index (κ1) is 10.9. The summed E-state index contributed by atoms with van der Waals surface area (Å²) in [6.45, 7) is 0. The number of piperidine rings is 1. The van der Waals surface area contributed by atoms with Gasteiger partial charge in [0.25, 0.3) is 0 Å². The summed E-state index contributed by atoms with van der Waals surface area (Å²) in [4.78, 5) is 8.09. The van der Waals surface area contributed by atoms with Gasteiger partial charge in [-0.3, -0.25) is 0 Å².